The fourth-order valence-electron chi connectivity index (χ4n) is 3.66. The largest absolute Gasteiger partial charge is 0.395 e. The molecular weight excluding hydrogens is 326 g/mol. The summed E-state index contributed by atoms with van der Waals surface area (Å²) in [6, 6.07) is 5.55. The molecule has 0 saturated carbocycles. The van der Waals surface area contributed by atoms with Crippen LogP contribution in [0.15, 0.2) is 47.2 Å². The molecule has 0 saturated heterocycles. The fraction of sp³-hybridized carbons (Fsp3) is 0.333. The van der Waals surface area contributed by atoms with Crippen molar-refractivity contribution in [1.82, 2.24) is 10.3 Å². The van der Waals surface area contributed by atoms with E-state index in [4.69, 9.17) is 21.8 Å². The minimum Gasteiger partial charge on any atom is -0.395 e. The third-order valence-electron chi connectivity index (χ3n) is 4.71. The van der Waals surface area contributed by atoms with E-state index in [2.05, 4.69) is 5.32 Å². The second-order valence-corrected chi connectivity index (χ2v) is 6.50. The van der Waals surface area contributed by atoms with Crippen LogP contribution in [0.2, 0.25) is 5.02 Å². The fourth-order valence-corrected chi connectivity index (χ4v) is 3.93. The van der Waals surface area contributed by atoms with E-state index in [0.717, 1.165) is 17.0 Å². The summed E-state index contributed by atoms with van der Waals surface area (Å²) in [7, 11) is 0. The highest BCUT2D eigenvalue weighted by molar-refractivity contribution is 6.36. The predicted octanol–water partition coefficient (Wildman–Crippen LogP) is 1.82. The topological polar surface area (TPSA) is 64.9 Å². The zero-order valence-electron chi connectivity index (χ0n) is 13.1. The summed E-state index contributed by atoms with van der Waals surface area (Å²) < 4.78 is 0. The molecule has 0 amide bonds. The molecule has 0 fully saturated rings. The van der Waals surface area contributed by atoms with Gasteiger partial charge >= 0.3 is 0 Å². The minimum atomic E-state index is -0.230. The maximum Gasteiger partial charge on any atom is 0.172 e. The summed E-state index contributed by atoms with van der Waals surface area (Å²) in [6.45, 7) is 2.08. The first-order chi connectivity index (χ1) is 11.7. The summed E-state index contributed by atoms with van der Waals surface area (Å²) in [5.74, 6) is -0.181. The molecule has 0 spiro atoms. The molecule has 24 heavy (non-hydrogen) atoms. The summed E-state index contributed by atoms with van der Waals surface area (Å²) in [5.41, 5.74) is 3.42. The van der Waals surface area contributed by atoms with E-state index in [1.54, 1.807) is 6.07 Å². The molecule has 3 aliphatic rings. The highest BCUT2D eigenvalue weighted by Gasteiger charge is 2.47. The van der Waals surface area contributed by atoms with Gasteiger partial charge in [-0.2, -0.15) is 5.10 Å². The molecule has 0 radical (unpaired) electrons. The number of rotatable bonds is 5. The lowest BCUT2D eigenvalue weighted by molar-refractivity contribution is 0.0925. The van der Waals surface area contributed by atoms with Crippen LogP contribution in [-0.4, -0.2) is 47.9 Å². The molecule has 0 aromatic heterocycles. The van der Waals surface area contributed by atoms with E-state index >= 15 is 0 Å². The van der Waals surface area contributed by atoms with Crippen LogP contribution in [0.5, 0.6) is 0 Å². The number of benzene rings is 1. The number of hydrazone groups is 1. The molecule has 1 aromatic carbocycles. The van der Waals surface area contributed by atoms with E-state index in [1.165, 1.54) is 0 Å². The quantitative estimate of drug-likeness (QED) is 0.800. The number of allylic oxidation sites excluding steroid dienone is 4. The first-order valence-corrected chi connectivity index (χ1v) is 8.49. The van der Waals surface area contributed by atoms with Crippen LogP contribution in [0, 0.1) is 11.8 Å². The molecule has 1 aliphatic heterocycles. The Morgan fingerprint density at radius 2 is 2.21 bits per heavy atom. The Hall–Kier alpha value is -1.95. The standard InChI is InChI=1S/C18H18ClN3O2/c19-13-5-1-3-11-15(13)18(24)12-4-2-6-14-16(12)17(11)21-22(14)9-7-20-8-10-23/h1-6,12,16,20,23H,7-10H2. The molecular formula is C18H18ClN3O2. The van der Waals surface area contributed by atoms with Crippen molar-refractivity contribution in [1.29, 1.82) is 0 Å². The Kier molecular flexibility index (Phi) is 4.00. The lowest BCUT2D eigenvalue weighted by Gasteiger charge is -2.31. The van der Waals surface area contributed by atoms with Crippen LogP contribution < -0.4 is 5.32 Å². The Labute approximate surface area is 145 Å². The maximum absolute atomic E-state index is 12.9. The molecule has 0 bridgehead atoms. The van der Waals surface area contributed by atoms with E-state index in [1.807, 2.05) is 35.4 Å². The van der Waals surface area contributed by atoms with Crippen molar-refractivity contribution >= 4 is 23.1 Å². The van der Waals surface area contributed by atoms with Gasteiger partial charge in [-0.3, -0.25) is 9.80 Å². The number of aliphatic hydroxyl groups excluding tert-OH is 1. The normalized spacial score (nSPS) is 23.8. The molecule has 2 aliphatic carbocycles. The monoisotopic (exact) mass is 343 g/mol. The van der Waals surface area contributed by atoms with Gasteiger partial charge in [0.1, 0.15) is 0 Å². The molecule has 1 aromatic rings. The lowest BCUT2D eigenvalue weighted by Crippen LogP contribution is -2.37. The van der Waals surface area contributed by atoms with Crippen molar-refractivity contribution in [2.75, 3.05) is 26.2 Å². The van der Waals surface area contributed by atoms with Crippen molar-refractivity contribution in [2.45, 2.75) is 0 Å². The molecule has 2 N–H and O–H groups in total. The van der Waals surface area contributed by atoms with Gasteiger partial charge in [0.15, 0.2) is 5.78 Å². The van der Waals surface area contributed by atoms with Gasteiger partial charge in [0.2, 0.25) is 0 Å². The number of aliphatic hydroxyl groups is 1. The molecule has 4 rings (SSSR count). The number of hydrogen-bond acceptors (Lipinski definition) is 5. The van der Waals surface area contributed by atoms with Crippen molar-refractivity contribution in [2.24, 2.45) is 16.9 Å². The number of carbonyl (C=O) groups is 1. The van der Waals surface area contributed by atoms with Crippen LogP contribution in [0.3, 0.4) is 0 Å². The first-order valence-electron chi connectivity index (χ1n) is 8.11. The number of Topliss-reactive ketones (excluding diaryl/α,β-unsaturated/α-hetero) is 1. The molecule has 6 heteroatoms. The van der Waals surface area contributed by atoms with Crippen molar-refractivity contribution in [3.05, 3.63) is 58.3 Å². The second kappa shape index (κ2) is 6.16. The number of halogens is 1. The predicted molar refractivity (Wildman–Crippen MR) is 93.2 cm³/mol. The summed E-state index contributed by atoms with van der Waals surface area (Å²) >= 11 is 6.30. The molecule has 2 unspecified atom stereocenters. The van der Waals surface area contributed by atoms with E-state index in [0.29, 0.717) is 30.2 Å². The van der Waals surface area contributed by atoms with Crippen molar-refractivity contribution in [3.8, 4) is 0 Å². The van der Waals surface area contributed by atoms with Crippen molar-refractivity contribution < 1.29 is 9.90 Å². The molecule has 5 nitrogen and oxygen atoms in total. The number of carbonyl (C=O) groups excluding carboxylic acids is 1. The molecule has 124 valence electrons. The third kappa shape index (κ3) is 2.32. The number of ketones is 1. The third-order valence-corrected chi connectivity index (χ3v) is 5.03. The van der Waals surface area contributed by atoms with Gasteiger partial charge in [0, 0.05) is 29.9 Å². The van der Waals surface area contributed by atoms with Gasteiger partial charge < -0.3 is 10.4 Å². The zero-order chi connectivity index (χ0) is 16.7. The highest BCUT2D eigenvalue weighted by Crippen LogP contribution is 2.44. The van der Waals surface area contributed by atoms with Gasteiger partial charge in [-0.1, -0.05) is 35.9 Å². The highest BCUT2D eigenvalue weighted by atomic mass is 35.5. The number of fused-ring (bicyclic) bond motifs is 2. The molecule has 2 atom stereocenters. The van der Waals surface area contributed by atoms with Gasteiger partial charge in [0.25, 0.3) is 0 Å². The van der Waals surface area contributed by atoms with E-state index in [-0.39, 0.29) is 24.2 Å². The van der Waals surface area contributed by atoms with E-state index in [9.17, 15) is 4.79 Å². The van der Waals surface area contributed by atoms with Gasteiger partial charge in [-0.05, 0) is 12.1 Å². The van der Waals surface area contributed by atoms with Crippen LogP contribution >= 0.6 is 11.6 Å². The average molecular weight is 344 g/mol. The average Bonchev–Trinajstić information content (AvgIpc) is 2.96. The Bertz CT molecular complexity index is 784. The summed E-state index contributed by atoms with van der Waals surface area (Å²) in [6.07, 6.45) is 5.92. The van der Waals surface area contributed by atoms with Crippen LogP contribution in [0.4, 0.5) is 0 Å². The van der Waals surface area contributed by atoms with Crippen molar-refractivity contribution in [3.63, 3.8) is 0 Å². The minimum absolute atomic E-state index is 0.0219. The maximum atomic E-state index is 12.9. The first kappa shape index (κ1) is 15.6. The summed E-state index contributed by atoms with van der Waals surface area (Å²) in [5, 5.41) is 19.3. The number of hydrogen-bond donors (Lipinski definition) is 2. The van der Waals surface area contributed by atoms with Gasteiger partial charge in [0.05, 0.1) is 35.7 Å². The Morgan fingerprint density at radius 3 is 3.04 bits per heavy atom. The second-order valence-electron chi connectivity index (χ2n) is 6.09. The molecule has 1 heterocycles. The van der Waals surface area contributed by atoms with Crippen LogP contribution in [0.25, 0.3) is 0 Å². The lowest BCUT2D eigenvalue weighted by atomic mass is 9.71. The number of nitrogens with one attached hydrogen (secondary N) is 1. The van der Waals surface area contributed by atoms with Crippen LogP contribution in [-0.2, 0) is 0 Å². The number of nitrogens with zero attached hydrogens (tertiary/aromatic N) is 2. The Morgan fingerprint density at radius 1 is 1.33 bits per heavy atom. The van der Waals surface area contributed by atoms with E-state index < -0.39 is 0 Å². The van der Waals surface area contributed by atoms with Gasteiger partial charge in [-0.25, -0.2) is 0 Å². The Balaban J connectivity index is 1.72. The smallest absolute Gasteiger partial charge is 0.172 e. The summed E-state index contributed by atoms with van der Waals surface area (Å²) in [4.78, 5) is 12.9. The van der Waals surface area contributed by atoms with Crippen LogP contribution in [0.1, 0.15) is 15.9 Å². The zero-order valence-corrected chi connectivity index (χ0v) is 13.8. The SMILES string of the molecule is O=C1c2c(Cl)cccc2C2=NN(CCNCCO)C3=CC=CC1C32. The van der Waals surface area contributed by atoms with Gasteiger partial charge in [-0.15, -0.1) is 0 Å².